The molecule has 3 aromatic heterocycles. The van der Waals surface area contributed by atoms with E-state index in [0.29, 0.717) is 0 Å². The standard InChI is InChI=1S/C16H18N4S/c1-4-12-10(3)15(17-5-2)20-16(19-12)11-8-14-13(18-9-11)6-7-21-14/h6-9H,4-5H2,1-3H3,(H,17,19,20). The van der Waals surface area contributed by atoms with Crippen molar-refractivity contribution in [3.05, 3.63) is 35.0 Å². The van der Waals surface area contributed by atoms with Gasteiger partial charge in [-0.2, -0.15) is 0 Å². The van der Waals surface area contributed by atoms with Crippen LogP contribution >= 0.6 is 11.3 Å². The molecule has 0 spiro atoms. The molecule has 0 saturated carbocycles. The Morgan fingerprint density at radius 2 is 2.10 bits per heavy atom. The lowest BCUT2D eigenvalue weighted by Gasteiger charge is -2.12. The number of anilines is 1. The highest BCUT2D eigenvalue weighted by atomic mass is 32.1. The quantitative estimate of drug-likeness (QED) is 0.789. The molecule has 0 saturated heterocycles. The Morgan fingerprint density at radius 1 is 1.24 bits per heavy atom. The van der Waals surface area contributed by atoms with Crippen molar-refractivity contribution in [1.82, 2.24) is 15.0 Å². The third-order valence-electron chi connectivity index (χ3n) is 3.49. The third-order valence-corrected chi connectivity index (χ3v) is 4.34. The van der Waals surface area contributed by atoms with Crippen LogP contribution in [0, 0.1) is 6.92 Å². The van der Waals surface area contributed by atoms with Crippen LogP contribution in [0.3, 0.4) is 0 Å². The summed E-state index contributed by atoms with van der Waals surface area (Å²) in [6, 6.07) is 4.15. The summed E-state index contributed by atoms with van der Waals surface area (Å²) < 4.78 is 1.17. The fraction of sp³-hybridized carbons (Fsp3) is 0.312. The molecule has 0 bridgehead atoms. The van der Waals surface area contributed by atoms with Crippen molar-refractivity contribution >= 4 is 27.4 Å². The van der Waals surface area contributed by atoms with E-state index in [4.69, 9.17) is 4.98 Å². The number of hydrogen-bond acceptors (Lipinski definition) is 5. The first-order valence-corrected chi connectivity index (χ1v) is 8.06. The predicted molar refractivity (Wildman–Crippen MR) is 88.9 cm³/mol. The van der Waals surface area contributed by atoms with Gasteiger partial charge in [-0.3, -0.25) is 4.98 Å². The molecule has 108 valence electrons. The molecule has 3 heterocycles. The maximum atomic E-state index is 4.71. The molecule has 0 unspecified atom stereocenters. The maximum Gasteiger partial charge on any atom is 0.163 e. The fourth-order valence-electron chi connectivity index (χ4n) is 2.34. The van der Waals surface area contributed by atoms with Gasteiger partial charge in [-0.1, -0.05) is 6.92 Å². The lowest BCUT2D eigenvalue weighted by molar-refractivity contribution is 0.970. The molecule has 0 aromatic carbocycles. The van der Waals surface area contributed by atoms with Gasteiger partial charge in [-0.25, -0.2) is 9.97 Å². The minimum absolute atomic E-state index is 0.746. The fourth-order valence-corrected chi connectivity index (χ4v) is 3.12. The second-order valence-corrected chi connectivity index (χ2v) is 5.83. The highest BCUT2D eigenvalue weighted by Crippen LogP contribution is 2.26. The molecule has 0 fully saturated rings. The second kappa shape index (κ2) is 5.77. The van der Waals surface area contributed by atoms with E-state index in [1.54, 1.807) is 11.3 Å². The zero-order valence-electron chi connectivity index (χ0n) is 12.5. The molecule has 3 aromatic rings. The summed E-state index contributed by atoms with van der Waals surface area (Å²) in [5.74, 6) is 1.67. The van der Waals surface area contributed by atoms with Crippen LogP contribution in [0.25, 0.3) is 21.6 Å². The first-order valence-electron chi connectivity index (χ1n) is 7.18. The van der Waals surface area contributed by atoms with Crippen molar-refractivity contribution in [2.24, 2.45) is 0 Å². The van der Waals surface area contributed by atoms with Crippen LogP contribution in [0.2, 0.25) is 0 Å². The van der Waals surface area contributed by atoms with Gasteiger partial charge in [0, 0.05) is 29.6 Å². The average molecular weight is 298 g/mol. The van der Waals surface area contributed by atoms with E-state index in [1.165, 1.54) is 4.70 Å². The number of nitrogens with zero attached hydrogens (tertiary/aromatic N) is 3. The first-order chi connectivity index (χ1) is 10.2. The topological polar surface area (TPSA) is 50.7 Å². The SMILES string of the molecule is CCNc1nc(-c2cnc3ccsc3c2)nc(CC)c1C. The molecular weight excluding hydrogens is 280 g/mol. The Balaban J connectivity index is 2.13. The number of hydrogen-bond donors (Lipinski definition) is 1. The number of aromatic nitrogens is 3. The minimum Gasteiger partial charge on any atom is -0.370 e. The average Bonchev–Trinajstić information content (AvgIpc) is 2.97. The van der Waals surface area contributed by atoms with Crippen molar-refractivity contribution in [2.45, 2.75) is 27.2 Å². The van der Waals surface area contributed by atoms with Gasteiger partial charge in [0.15, 0.2) is 5.82 Å². The van der Waals surface area contributed by atoms with Crippen LogP contribution in [0.4, 0.5) is 5.82 Å². The summed E-state index contributed by atoms with van der Waals surface area (Å²) in [6.07, 6.45) is 2.75. The number of nitrogens with one attached hydrogen (secondary N) is 1. The highest BCUT2D eigenvalue weighted by Gasteiger charge is 2.11. The predicted octanol–water partition coefficient (Wildman–Crippen LogP) is 4.06. The van der Waals surface area contributed by atoms with E-state index in [2.05, 4.69) is 47.5 Å². The van der Waals surface area contributed by atoms with Gasteiger partial charge < -0.3 is 5.32 Å². The number of fused-ring (bicyclic) bond motifs is 1. The Labute approximate surface area is 128 Å². The molecule has 0 atom stereocenters. The maximum absolute atomic E-state index is 4.71. The smallest absolute Gasteiger partial charge is 0.163 e. The zero-order valence-corrected chi connectivity index (χ0v) is 13.3. The van der Waals surface area contributed by atoms with Crippen molar-refractivity contribution in [1.29, 1.82) is 0 Å². The van der Waals surface area contributed by atoms with Crippen molar-refractivity contribution in [3.63, 3.8) is 0 Å². The molecule has 0 amide bonds. The summed E-state index contributed by atoms with van der Waals surface area (Å²) in [5.41, 5.74) is 4.22. The molecule has 0 aliphatic heterocycles. The van der Waals surface area contributed by atoms with E-state index < -0.39 is 0 Å². The number of rotatable bonds is 4. The normalized spacial score (nSPS) is 11.0. The van der Waals surface area contributed by atoms with E-state index in [0.717, 1.165) is 46.9 Å². The summed E-state index contributed by atoms with van der Waals surface area (Å²) in [5, 5.41) is 5.38. The van der Waals surface area contributed by atoms with Crippen molar-refractivity contribution < 1.29 is 0 Å². The largest absolute Gasteiger partial charge is 0.370 e. The van der Waals surface area contributed by atoms with Gasteiger partial charge in [0.05, 0.1) is 10.2 Å². The molecule has 5 heteroatoms. The van der Waals surface area contributed by atoms with Crippen LogP contribution in [0.15, 0.2) is 23.7 Å². The van der Waals surface area contributed by atoms with Gasteiger partial charge in [-0.05, 0) is 37.8 Å². The molecule has 0 aliphatic rings. The summed E-state index contributed by atoms with van der Waals surface area (Å²) in [4.78, 5) is 13.9. The van der Waals surface area contributed by atoms with Gasteiger partial charge in [-0.15, -0.1) is 11.3 Å². The van der Waals surface area contributed by atoms with Crippen molar-refractivity contribution in [3.8, 4) is 11.4 Å². The van der Waals surface area contributed by atoms with Crippen molar-refractivity contribution in [2.75, 3.05) is 11.9 Å². The molecule has 21 heavy (non-hydrogen) atoms. The van der Waals surface area contributed by atoms with Gasteiger partial charge >= 0.3 is 0 Å². The summed E-state index contributed by atoms with van der Waals surface area (Å²) in [7, 11) is 0. The lowest BCUT2D eigenvalue weighted by Crippen LogP contribution is -2.07. The molecule has 0 radical (unpaired) electrons. The Morgan fingerprint density at radius 3 is 2.86 bits per heavy atom. The lowest BCUT2D eigenvalue weighted by atomic mass is 10.1. The molecule has 3 rings (SSSR count). The number of pyridine rings is 1. The van der Waals surface area contributed by atoms with E-state index >= 15 is 0 Å². The van der Waals surface area contributed by atoms with Crippen LogP contribution in [-0.2, 0) is 6.42 Å². The molecular formula is C16H18N4S. The van der Waals surface area contributed by atoms with Crippen LogP contribution in [0.5, 0.6) is 0 Å². The number of aryl methyl sites for hydroxylation is 1. The molecule has 1 N–H and O–H groups in total. The zero-order chi connectivity index (χ0) is 14.8. The van der Waals surface area contributed by atoms with Gasteiger partial charge in [0.25, 0.3) is 0 Å². The van der Waals surface area contributed by atoms with Crippen LogP contribution < -0.4 is 5.32 Å². The van der Waals surface area contributed by atoms with E-state index in [-0.39, 0.29) is 0 Å². The molecule has 4 nitrogen and oxygen atoms in total. The first kappa shape index (κ1) is 13.9. The van der Waals surface area contributed by atoms with Gasteiger partial charge in [0.2, 0.25) is 0 Å². The number of thiophene rings is 1. The van der Waals surface area contributed by atoms with E-state index in [1.807, 2.05) is 12.3 Å². The monoisotopic (exact) mass is 298 g/mol. The Bertz CT molecular complexity index is 779. The van der Waals surface area contributed by atoms with Crippen LogP contribution in [-0.4, -0.2) is 21.5 Å². The summed E-state index contributed by atoms with van der Waals surface area (Å²) >= 11 is 1.69. The molecule has 0 aliphatic carbocycles. The Kier molecular flexibility index (Phi) is 3.84. The highest BCUT2D eigenvalue weighted by molar-refractivity contribution is 7.17. The third kappa shape index (κ3) is 2.61. The van der Waals surface area contributed by atoms with Gasteiger partial charge in [0.1, 0.15) is 5.82 Å². The summed E-state index contributed by atoms with van der Waals surface area (Å²) in [6.45, 7) is 7.12. The Hall–Kier alpha value is -2.01. The van der Waals surface area contributed by atoms with E-state index in [9.17, 15) is 0 Å². The second-order valence-electron chi connectivity index (χ2n) is 4.88. The minimum atomic E-state index is 0.746. The van der Waals surface area contributed by atoms with Crippen LogP contribution in [0.1, 0.15) is 25.1 Å².